The molecule has 0 N–H and O–H groups in total. The smallest absolute Gasteiger partial charge is 0.326 e. The highest BCUT2D eigenvalue weighted by atomic mass is 32.2. The molecule has 0 bridgehead atoms. The Balaban J connectivity index is 2.03. The van der Waals surface area contributed by atoms with Crippen LogP contribution >= 0.6 is 11.3 Å². The SMILES string of the molecule is CCOC(=O)Cn1c(=NC(=O)/C=C/c2cccc([N+](=O)[O-])c2)sc2cc(S(C)(=O)=O)ccc21. The van der Waals surface area contributed by atoms with Crippen LogP contribution in [0, 0.1) is 10.1 Å². The number of ether oxygens (including phenoxy) is 1. The average molecular weight is 490 g/mol. The number of amides is 1. The Hall–Kier alpha value is -3.64. The van der Waals surface area contributed by atoms with Crippen molar-refractivity contribution in [3.8, 4) is 0 Å². The van der Waals surface area contributed by atoms with Crippen molar-refractivity contribution in [2.45, 2.75) is 18.4 Å². The van der Waals surface area contributed by atoms with Crippen LogP contribution in [0.2, 0.25) is 0 Å². The number of nitro benzene ring substituents is 1. The first-order chi connectivity index (χ1) is 15.6. The summed E-state index contributed by atoms with van der Waals surface area (Å²) < 4.78 is 30.8. The van der Waals surface area contributed by atoms with Crippen molar-refractivity contribution in [3.63, 3.8) is 0 Å². The Bertz CT molecular complexity index is 1450. The molecule has 0 unspecified atom stereocenters. The van der Waals surface area contributed by atoms with Crippen molar-refractivity contribution in [2.24, 2.45) is 4.99 Å². The largest absolute Gasteiger partial charge is 0.465 e. The molecular formula is C21H19N3O7S2. The van der Waals surface area contributed by atoms with Gasteiger partial charge in [0.25, 0.3) is 11.6 Å². The molecule has 10 nitrogen and oxygen atoms in total. The molecular weight excluding hydrogens is 470 g/mol. The number of hydrogen-bond acceptors (Lipinski definition) is 8. The predicted molar refractivity (Wildman–Crippen MR) is 122 cm³/mol. The minimum atomic E-state index is -3.45. The highest BCUT2D eigenvalue weighted by molar-refractivity contribution is 7.90. The zero-order valence-corrected chi connectivity index (χ0v) is 19.3. The molecule has 33 heavy (non-hydrogen) atoms. The van der Waals surface area contributed by atoms with Crippen LogP contribution < -0.4 is 4.80 Å². The van der Waals surface area contributed by atoms with E-state index < -0.39 is 26.6 Å². The van der Waals surface area contributed by atoms with Gasteiger partial charge in [-0.25, -0.2) is 8.42 Å². The summed E-state index contributed by atoms with van der Waals surface area (Å²) in [4.78, 5) is 39.2. The minimum Gasteiger partial charge on any atom is -0.465 e. The second kappa shape index (κ2) is 9.88. The van der Waals surface area contributed by atoms with E-state index in [4.69, 9.17) is 4.74 Å². The van der Waals surface area contributed by atoms with Crippen LogP contribution in [0.4, 0.5) is 5.69 Å². The summed E-state index contributed by atoms with van der Waals surface area (Å²) in [6.45, 7) is 1.63. The second-order valence-electron chi connectivity index (χ2n) is 6.81. The summed E-state index contributed by atoms with van der Waals surface area (Å²) in [5.74, 6) is -1.19. The van der Waals surface area contributed by atoms with E-state index in [1.165, 1.54) is 41.0 Å². The van der Waals surface area contributed by atoms with Gasteiger partial charge in [0, 0.05) is 24.5 Å². The molecule has 0 atom stereocenters. The Morgan fingerprint density at radius 3 is 2.67 bits per heavy atom. The molecule has 0 fully saturated rings. The number of rotatable bonds is 7. The Kier molecular flexibility index (Phi) is 7.19. The van der Waals surface area contributed by atoms with Gasteiger partial charge in [0.05, 0.1) is 26.6 Å². The van der Waals surface area contributed by atoms with Gasteiger partial charge < -0.3 is 9.30 Å². The van der Waals surface area contributed by atoms with Crippen molar-refractivity contribution in [2.75, 3.05) is 12.9 Å². The Morgan fingerprint density at radius 2 is 2.00 bits per heavy atom. The van der Waals surface area contributed by atoms with Crippen LogP contribution in [0.15, 0.2) is 58.4 Å². The number of carbonyl (C=O) groups excluding carboxylic acids is 2. The highest BCUT2D eigenvalue weighted by Gasteiger charge is 2.15. The molecule has 0 radical (unpaired) electrons. The van der Waals surface area contributed by atoms with Crippen molar-refractivity contribution in [1.29, 1.82) is 0 Å². The summed E-state index contributed by atoms with van der Waals surface area (Å²) in [5.41, 5.74) is 0.857. The maximum absolute atomic E-state index is 12.5. The third kappa shape index (κ3) is 5.99. The van der Waals surface area contributed by atoms with Crippen molar-refractivity contribution in [3.05, 3.63) is 69.0 Å². The third-order valence-corrected chi connectivity index (χ3v) is 6.53. The van der Waals surface area contributed by atoms with E-state index >= 15 is 0 Å². The van der Waals surface area contributed by atoms with Gasteiger partial charge in [0.2, 0.25) is 0 Å². The molecule has 0 aliphatic heterocycles. The summed E-state index contributed by atoms with van der Waals surface area (Å²) >= 11 is 1.05. The van der Waals surface area contributed by atoms with E-state index in [0.29, 0.717) is 15.8 Å². The molecule has 3 rings (SSSR count). The average Bonchev–Trinajstić information content (AvgIpc) is 3.08. The lowest BCUT2D eigenvalue weighted by Gasteiger charge is -2.05. The van der Waals surface area contributed by atoms with Gasteiger partial charge in [-0.3, -0.25) is 19.7 Å². The number of aromatic nitrogens is 1. The molecule has 0 aliphatic rings. The fraction of sp³-hybridized carbons (Fsp3) is 0.190. The first-order valence-corrected chi connectivity index (χ1v) is 12.3. The lowest BCUT2D eigenvalue weighted by molar-refractivity contribution is -0.384. The number of sulfone groups is 1. The predicted octanol–water partition coefficient (Wildman–Crippen LogP) is 2.72. The van der Waals surface area contributed by atoms with E-state index in [9.17, 15) is 28.1 Å². The summed E-state index contributed by atoms with van der Waals surface area (Å²) in [6, 6.07) is 10.2. The summed E-state index contributed by atoms with van der Waals surface area (Å²) in [7, 11) is -3.45. The standard InChI is InChI=1S/C21H19N3O7S2/c1-3-31-20(26)13-23-17-9-8-16(33(2,29)30)12-18(17)32-21(23)22-19(25)10-7-14-5-4-6-15(11-14)24(27)28/h4-12H,3,13H2,1-2H3/b10-7+,22-21?. The van der Waals surface area contributed by atoms with Crippen molar-refractivity contribution >= 4 is 55.0 Å². The van der Waals surface area contributed by atoms with E-state index in [0.717, 1.165) is 23.7 Å². The summed E-state index contributed by atoms with van der Waals surface area (Å²) in [5, 5.41) is 10.9. The molecule has 12 heteroatoms. The zero-order chi connectivity index (χ0) is 24.2. The number of non-ortho nitro benzene ring substituents is 1. The van der Waals surface area contributed by atoms with E-state index in [2.05, 4.69) is 4.99 Å². The van der Waals surface area contributed by atoms with Crippen LogP contribution in [0.5, 0.6) is 0 Å². The minimum absolute atomic E-state index is 0.1000. The number of fused-ring (bicyclic) bond motifs is 1. The fourth-order valence-corrected chi connectivity index (χ4v) is 4.69. The van der Waals surface area contributed by atoms with Gasteiger partial charge in [0.15, 0.2) is 14.6 Å². The maximum Gasteiger partial charge on any atom is 0.326 e. The quantitative estimate of drug-likeness (QED) is 0.215. The Morgan fingerprint density at radius 1 is 1.24 bits per heavy atom. The van der Waals surface area contributed by atoms with E-state index in [1.807, 2.05) is 0 Å². The number of esters is 1. The number of hydrogen-bond donors (Lipinski definition) is 0. The molecule has 3 aromatic rings. The van der Waals surface area contributed by atoms with Crippen LogP contribution in [0.3, 0.4) is 0 Å². The zero-order valence-electron chi connectivity index (χ0n) is 17.6. The van der Waals surface area contributed by atoms with Gasteiger partial charge in [-0.05, 0) is 36.8 Å². The highest BCUT2D eigenvalue weighted by Crippen LogP contribution is 2.22. The van der Waals surface area contributed by atoms with Crippen LogP contribution in [0.1, 0.15) is 12.5 Å². The molecule has 0 aliphatic carbocycles. The van der Waals surface area contributed by atoms with Gasteiger partial charge in [-0.15, -0.1) is 0 Å². The first kappa shape index (κ1) is 24.0. The van der Waals surface area contributed by atoms with Crippen LogP contribution in [0.25, 0.3) is 16.3 Å². The number of carbonyl (C=O) groups is 2. The van der Waals surface area contributed by atoms with E-state index in [1.54, 1.807) is 19.1 Å². The monoisotopic (exact) mass is 489 g/mol. The normalized spacial score (nSPS) is 12.4. The topological polar surface area (TPSA) is 138 Å². The number of thiazole rings is 1. The van der Waals surface area contributed by atoms with Gasteiger partial charge in [-0.1, -0.05) is 23.5 Å². The molecule has 0 saturated carbocycles. The fourth-order valence-electron chi connectivity index (χ4n) is 2.90. The first-order valence-electron chi connectivity index (χ1n) is 9.59. The molecule has 1 aromatic heterocycles. The number of benzene rings is 2. The molecule has 172 valence electrons. The van der Waals surface area contributed by atoms with Crippen LogP contribution in [-0.4, -0.2) is 42.6 Å². The van der Waals surface area contributed by atoms with Crippen LogP contribution in [-0.2, 0) is 30.7 Å². The molecule has 0 spiro atoms. The van der Waals surface area contributed by atoms with Crippen molar-refractivity contribution in [1.82, 2.24) is 4.57 Å². The van der Waals surface area contributed by atoms with Crippen molar-refractivity contribution < 1.29 is 27.7 Å². The van der Waals surface area contributed by atoms with Gasteiger partial charge in [0.1, 0.15) is 6.54 Å². The number of nitrogens with zero attached hydrogens (tertiary/aromatic N) is 3. The Labute approximate surface area is 192 Å². The molecule has 0 saturated heterocycles. The van der Waals surface area contributed by atoms with Gasteiger partial charge >= 0.3 is 5.97 Å². The lowest BCUT2D eigenvalue weighted by Crippen LogP contribution is -2.22. The lowest BCUT2D eigenvalue weighted by atomic mass is 10.2. The second-order valence-corrected chi connectivity index (χ2v) is 9.84. The van der Waals surface area contributed by atoms with Gasteiger partial charge in [-0.2, -0.15) is 4.99 Å². The molecule has 1 heterocycles. The maximum atomic E-state index is 12.5. The number of nitro groups is 1. The van der Waals surface area contributed by atoms with E-state index in [-0.39, 0.29) is 28.5 Å². The molecule has 2 aromatic carbocycles. The summed E-state index contributed by atoms with van der Waals surface area (Å²) in [6.07, 6.45) is 3.63. The molecule has 1 amide bonds. The third-order valence-electron chi connectivity index (χ3n) is 4.38.